The van der Waals surface area contributed by atoms with Crippen LogP contribution in [0.15, 0.2) is 42.5 Å². The lowest BCUT2D eigenvalue weighted by Gasteiger charge is -2.06. The third-order valence-electron chi connectivity index (χ3n) is 3.67. The SMILES string of the molecule is Nc1[nH+]c2c(s1)Cc1cc(-c3ccccc3F)ccc1-2.[I-]. The second kappa shape index (κ2) is 5.38. The van der Waals surface area contributed by atoms with Crippen molar-refractivity contribution in [3.05, 3.63) is 58.7 Å². The molecule has 0 saturated heterocycles. The van der Waals surface area contributed by atoms with Crippen molar-refractivity contribution in [2.75, 3.05) is 5.73 Å². The highest BCUT2D eigenvalue weighted by Crippen LogP contribution is 2.39. The maximum atomic E-state index is 13.9. The number of aromatic nitrogens is 1. The Morgan fingerprint density at radius 1 is 1.10 bits per heavy atom. The van der Waals surface area contributed by atoms with E-state index in [9.17, 15) is 4.39 Å². The van der Waals surface area contributed by atoms with Gasteiger partial charge in [0.25, 0.3) is 0 Å². The lowest BCUT2D eigenvalue weighted by molar-refractivity contribution is -0.340. The first-order chi connectivity index (χ1) is 9.72. The van der Waals surface area contributed by atoms with Gasteiger partial charge in [0, 0.05) is 17.5 Å². The van der Waals surface area contributed by atoms with E-state index in [4.69, 9.17) is 5.73 Å². The van der Waals surface area contributed by atoms with Crippen LogP contribution in [-0.2, 0) is 6.42 Å². The molecule has 4 rings (SSSR count). The van der Waals surface area contributed by atoms with Crippen molar-refractivity contribution < 1.29 is 33.4 Å². The fraction of sp³-hybridized carbons (Fsp3) is 0.0625. The summed E-state index contributed by atoms with van der Waals surface area (Å²) in [5.74, 6) is -0.184. The van der Waals surface area contributed by atoms with E-state index < -0.39 is 0 Å². The van der Waals surface area contributed by atoms with Crippen LogP contribution >= 0.6 is 11.3 Å². The van der Waals surface area contributed by atoms with Gasteiger partial charge >= 0.3 is 5.13 Å². The van der Waals surface area contributed by atoms with E-state index in [0.717, 1.165) is 22.8 Å². The maximum absolute atomic E-state index is 13.9. The molecule has 0 bridgehead atoms. The minimum absolute atomic E-state index is 0. The molecule has 0 atom stereocenters. The lowest BCUT2D eigenvalue weighted by Crippen LogP contribution is -3.00. The number of thiazole rings is 1. The second-order valence-corrected chi connectivity index (χ2v) is 6.05. The summed E-state index contributed by atoms with van der Waals surface area (Å²) in [4.78, 5) is 4.46. The molecule has 21 heavy (non-hydrogen) atoms. The zero-order valence-corrected chi connectivity index (χ0v) is 14.0. The monoisotopic (exact) mass is 410 g/mol. The molecule has 0 aliphatic heterocycles. The normalized spacial score (nSPS) is 11.7. The Morgan fingerprint density at radius 2 is 1.90 bits per heavy atom. The molecule has 106 valence electrons. The molecule has 1 aromatic heterocycles. The van der Waals surface area contributed by atoms with Gasteiger partial charge in [-0.15, -0.1) is 0 Å². The first-order valence-electron chi connectivity index (χ1n) is 6.41. The molecule has 1 heterocycles. The van der Waals surface area contributed by atoms with E-state index in [-0.39, 0.29) is 29.8 Å². The van der Waals surface area contributed by atoms with Gasteiger partial charge in [0.1, 0.15) is 11.5 Å². The van der Waals surface area contributed by atoms with Crippen molar-refractivity contribution in [3.8, 4) is 22.4 Å². The molecule has 0 radical (unpaired) electrons. The first kappa shape index (κ1) is 14.5. The van der Waals surface area contributed by atoms with Crippen molar-refractivity contribution in [3.63, 3.8) is 0 Å². The van der Waals surface area contributed by atoms with Crippen LogP contribution in [0.4, 0.5) is 9.52 Å². The first-order valence-corrected chi connectivity index (χ1v) is 7.22. The Balaban J connectivity index is 0.00000132. The summed E-state index contributed by atoms with van der Waals surface area (Å²) in [6.45, 7) is 0. The number of nitrogens with one attached hydrogen (secondary N) is 1. The van der Waals surface area contributed by atoms with Crippen LogP contribution in [0.5, 0.6) is 0 Å². The number of nitrogens with two attached hydrogens (primary N) is 1. The van der Waals surface area contributed by atoms with Gasteiger partial charge in [-0.25, -0.2) is 9.37 Å². The van der Waals surface area contributed by atoms with E-state index in [1.807, 2.05) is 24.3 Å². The summed E-state index contributed by atoms with van der Waals surface area (Å²) in [5.41, 5.74) is 10.9. The number of fused-ring (bicyclic) bond motifs is 3. The molecule has 0 spiro atoms. The topological polar surface area (TPSA) is 40.2 Å². The van der Waals surface area contributed by atoms with E-state index in [1.165, 1.54) is 22.1 Å². The number of nitrogen functional groups attached to an aromatic ring is 1. The number of aromatic amines is 1. The molecule has 0 unspecified atom stereocenters. The number of hydrogen-bond donors (Lipinski definition) is 1. The largest absolute Gasteiger partial charge is 1.00 e. The highest BCUT2D eigenvalue weighted by Gasteiger charge is 2.26. The van der Waals surface area contributed by atoms with Crippen LogP contribution in [0.2, 0.25) is 0 Å². The van der Waals surface area contributed by atoms with Gasteiger partial charge in [-0.05, 0) is 29.3 Å². The smallest absolute Gasteiger partial charge is 0.330 e. The number of rotatable bonds is 1. The molecule has 3 N–H and O–H groups in total. The minimum Gasteiger partial charge on any atom is -1.00 e. The average Bonchev–Trinajstić information content (AvgIpc) is 2.94. The molecule has 0 saturated carbocycles. The summed E-state index contributed by atoms with van der Waals surface area (Å²) < 4.78 is 13.9. The molecular formula is C16H12FIN2S. The van der Waals surface area contributed by atoms with Gasteiger partial charge in [0.15, 0.2) is 0 Å². The summed E-state index contributed by atoms with van der Waals surface area (Å²) in [5, 5.41) is 0.735. The summed E-state index contributed by atoms with van der Waals surface area (Å²) in [6, 6.07) is 13.0. The highest BCUT2D eigenvalue weighted by atomic mass is 127. The third-order valence-corrected chi connectivity index (χ3v) is 4.59. The van der Waals surface area contributed by atoms with Gasteiger partial charge < -0.3 is 24.0 Å². The zero-order chi connectivity index (χ0) is 13.7. The van der Waals surface area contributed by atoms with Crippen molar-refractivity contribution in [2.24, 2.45) is 0 Å². The highest BCUT2D eigenvalue weighted by molar-refractivity contribution is 7.15. The van der Waals surface area contributed by atoms with Crippen molar-refractivity contribution in [2.45, 2.75) is 6.42 Å². The summed E-state index contributed by atoms with van der Waals surface area (Å²) in [7, 11) is 0. The zero-order valence-electron chi connectivity index (χ0n) is 11.0. The summed E-state index contributed by atoms with van der Waals surface area (Å²) in [6.07, 6.45) is 0.866. The van der Waals surface area contributed by atoms with Gasteiger partial charge in [-0.1, -0.05) is 35.6 Å². The fourth-order valence-electron chi connectivity index (χ4n) is 2.76. The minimum atomic E-state index is -0.184. The molecule has 0 amide bonds. The number of benzene rings is 2. The second-order valence-electron chi connectivity index (χ2n) is 4.92. The van der Waals surface area contributed by atoms with Crippen LogP contribution in [0.25, 0.3) is 22.4 Å². The van der Waals surface area contributed by atoms with Crippen molar-refractivity contribution in [1.29, 1.82) is 0 Å². The molecule has 3 aromatic rings. The summed E-state index contributed by atoms with van der Waals surface area (Å²) >= 11 is 1.59. The Kier molecular flexibility index (Phi) is 3.71. The number of anilines is 1. The van der Waals surface area contributed by atoms with Crippen molar-refractivity contribution >= 4 is 16.5 Å². The third kappa shape index (κ3) is 2.34. The molecule has 1 aliphatic rings. The van der Waals surface area contributed by atoms with Gasteiger partial charge in [0.2, 0.25) is 0 Å². The molecule has 2 aromatic carbocycles. The maximum Gasteiger partial charge on any atom is 0.330 e. The molecule has 5 heteroatoms. The van der Waals surface area contributed by atoms with Crippen LogP contribution in [-0.4, -0.2) is 0 Å². The molecular weight excluding hydrogens is 398 g/mol. The Bertz CT molecular complexity index is 829. The van der Waals surface area contributed by atoms with Crippen LogP contribution < -0.4 is 34.7 Å². The fourth-order valence-corrected chi connectivity index (χ4v) is 3.67. The van der Waals surface area contributed by atoms with Gasteiger partial charge in [-0.2, -0.15) is 0 Å². The van der Waals surface area contributed by atoms with Crippen LogP contribution in [0.3, 0.4) is 0 Å². The number of halogens is 2. The molecule has 1 aliphatic carbocycles. The van der Waals surface area contributed by atoms with Crippen molar-refractivity contribution in [1.82, 2.24) is 0 Å². The van der Waals surface area contributed by atoms with E-state index in [2.05, 4.69) is 11.1 Å². The number of hydrogen-bond acceptors (Lipinski definition) is 2. The quantitative estimate of drug-likeness (QED) is 0.457. The standard InChI is InChI=1S/C16H11FN2S.HI/c17-13-4-2-1-3-11(13)9-5-6-12-10(7-9)8-14-15(12)19-16(18)20-14;/h1-7H,8H2,(H2,18,19);1H. The van der Waals surface area contributed by atoms with E-state index in [1.54, 1.807) is 17.4 Å². The van der Waals surface area contributed by atoms with Gasteiger partial charge in [-0.3, -0.25) is 5.73 Å². The molecule has 2 nitrogen and oxygen atoms in total. The predicted octanol–water partition coefficient (Wildman–Crippen LogP) is 0.526. The van der Waals surface area contributed by atoms with E-state index in [0.29, 0.717) is 5.56 Å². The Morgan fingerprint density at radius 3 is 2.71 bits per heavy atom. The predicted molar refractivity (Wildman–Crippen MR) is 78.9 cm³/mol. The van der Waals surface area contributed by atoms with Gasteiger partial charge in [0.05, 0.1) is 4.88 Å². The number of H-pyrrole nitrogens is 1. The van der Waals surface area contributed by atoms with Crippen LogP contribution in [0, 0.1) is 5.82 Å². The average molecular weight is 410 g/mol. The van der Waals surface area contributed by atoms with Crippen LogP contribution in [0.1, 0.15) is 10.4 Å². The van der Waals surface area contributed by atoms with E-state index >= 15 is 0 Å². The molecule has 0 fully saturated rings. The lowest BCUT2D eigenvalue weighted by atomic mass is 10.00. The Labute approximate surface area is 142 Å². The Hall–Kier alpha value is -1.47.